The summed E-state index contributed by atoms with van der Waals surface area (Å²) in [5.74, 6) is 0.928. The van der Waals surface area contributed by atoms with Crippen molar-refractivity contribution in [1.29, 1.82) is 0 Å². The van der Waals surface area contributed by atoms with Gasteiger partial charge >= 0.3 is 0 Å². The summed E-state index contributed by atoms with van der Waals surface area (Å²) in [5.41, 5.74) is 9.48. The number of para-hydroxylation sites is 2. The topological polar surface area (TPSA) is 16.4 Å². The molecule has 0 saturated carbocycles. The molecule has 0 amide bonds. The third-order valence-electron chi connectivity index (χ3n) is 5.96. The van der Waals surface area contributed by atoms with Crippen LogP contribution in [0.2, 0.25) is 0 Å². The van der Waals surface area contributed by atoms with Gasteiger partial charge in [0.15, 0.2) is 0 Å². The smallest absolute Gasteiger partial charge is 0.209 e. The molecule has 5 aromatic rings. The third-order valence-corrected chi connectivity index (χ3v) is 5.96. The van der Waals surface area contributed by atoms with E-state index in [2.05, 4.69) is 109 Å². The van der Waals surface area contributed by atoms with Crippen LogP contribution in [0.3, 0.4) is 0 Å². The van der Waals surface area contributed by atoms with E-state index in [0.717, 1.165) is 23.6 Å². The Bertz CT molecular complexity index is 1380. The first-order valence-electron chi connectivity index (χ1n) is 10.3. The number of hydrogen-bond acceptors (Lipinski definition) is 2. The molecule has 2 heteroatoms. The molecule has 6 rings (SSSR count). The highest BCUT2D eigenvalue weighted by atomic mass is 16.4. The number of aryl methyl sites for hydroxylation is 1. The standard InChI is InChI=1S/C28H21NO/c1-19-15-16-27-23(17-19)24-18-21-11-5-7-13-25(21)29(28(24)30-27)26-14-8-6-12-22(26)20-9-3-2-4-10-20/h2-17H,18H2,1H3. The van der Waals surface area contributed by atoms with Gasteiger partial charge in [0.1, 0.15) is 5.58 Å². The van der Waals surface area contributed by atoms with E-state index in [1.807, 2.05) is 0 Å². The maximum absolute atomic E-state index is 6.49. The van der Waals surface area contributed by atoms with Crippen molar-refractivity contribution in [2.45, 2.75) is 13.3 Å². The molecule has 4 aromatic carbocycles. The van der Waals surface area contributed by atoms with Crippen LogP contribution in [0.15, 0.2) is 101 Å². The summed E-state index contributed by atoms with van der Waals surface area (Å²) in [6.07, 6.45) is 0.881. The lowest BCUT2D eigenvalue weighted by Gasteiger charge is -2.31. The van der Waals surface area contributed by atoms with Crippen molar-refractivity contribution in [3.05, 3.63) is 114 Å². The third kappa shape index (κ3) is 2.57. The highest BCUT2D eigenvalue weighted by molar-refractivity contribution is 5.96. The van der Waals surface area contributed by atoms with Crippen LogP contribution in [0.25, 0.3) is 22.1 Å². The summed E-state index contributed by atoms with van der Waals surface area (Å²) in [5, 5.41) is 1.21. The zero-order valence-electron chi connectivity index (χ0n) is 16.8. The maximum atomic E-state index is 6.49. The summed E-state index contributed by atoms with van der Waals surface area (Å²) in [6.45, 7) is 2.14. The molecule has 0 radical (unpaired) electrons. The van der Waals surface area contributed by atoms with Gasteiger partial charge in [-0.2, -0.15) is 0 Å². The van der Waals surface area contributed by atoms with Crippen LogP contribution >= 0.6 is 0 Å². The molecule has 2 heterocycles. The molecule has 1 aliphatic rings. The molecule has 0 unspecified atom stereocenters. The second kappa shape index (κ2) is 6.64. The fourth-order valence-corrected chi connectivity index (χ4v) is 4.55. The minimum atomic E-state index is 0.881. The quantitative estimate of drug-likeness (QED) is 0.301. The second-order valence-electron chi connectivity index (χ2n) is 7.91. The average Bonchev–Trinajstić information content (AvgIpc) is 3.15. The fraction of sp³-hybridized carbons (Fsp3) is 0.0714. The Morgan fingerprint density at radius 3 is 2.33 bits per heavy atom. The lowest BCUT2D eigenvalue weighted by Crippen LogP contribution is -2.18. The van der Waals surface area contributed by atoms with Crippen molar-refractivity contribution >= 4 is 28.2 Å². The number of benzene rings is 4. The van der Waals surface area contributed by atoms with Gasteiger partial charge in [0, 0.05) is 22.9 Å². The Labute approximate surface area is 176 Å². The molecule has 30 heavy (non-hydrogen) atoms. The molecule has 0 aliphatic carbocycles. The van der Waals surface area contributed by atoms with Crippen molar-refractivity contribution < 1.29 is 4.42 Å². The van der Waals surface area contributed by atoms with Crippen LogP contribution in [0.4, 0.5) is 17.3 Å². The Morgan fingerprint density at radius 1 is 0.733 bits per heavy atom. The molecule has 0 bridgehead atoms. The monoisotopic (exact) mass is 387 g/mol. The van der Waals surface area contributed by atoms with Crippen molar-refractivity contribution in [1.82, 2.24) is 0 Å². The summed E-state index contributed by atoms with van der Waals surface area (Å²) in [4.78, 5) is 2.30. The molecule has 0 saturated heterocycles. The zero-order valence-corrected chi connectivity index (χ0v) is 16.8. The summed E-state index contributed by atoms with van der Waals surface area (Å²) < 4.78 is 6.49. The molecule has 0 atom stereocenters. The fourth-order valence-electron chi connectivity index (χ4n) is 4.55. The molecule has 144 valence electrons. The Hall–Kier alpha value is -3.78. The number of nitrogens with zero attached hydrogens (tertiary/aromatic N) is 1. The summed E-state index contributed by atoms with van der Waals surface area (Å²) in [7, 11) is 0. The lowest BCUT2D eigenvalue weighted by molar-refractivity contribution is 0.614. The van der Waals surface area contributed by atoms with Crippen LogP contribution in [-0.4, -0.2) is 0 Å². The highest BCUT2D eigenvalue weighted by Gasteiger charge is 2.30. The van der Waals surface area contributed by atoms with Crippen molar-refractivity contribution in [3.8, 4) is 11.1 Å². The van der Waals surface area contributed by atoms with Crippen molar-refractivity contribution in [2.24, 2.45) is 0 Å². The van der Waals surface area contributed by atoms with E-state index in [0.29, 0.717) is 0 Å². The number of fused-ring (bicyclic) bond motifs is 4. The van der Waals surface area contributed by atoms with E-state index in [-0.39, 0.29) is 0 Å². The molecule has 0 fully saturated rings. The Kier molecular flexibility index (Phi) is 3.78. The van der Waals surface area contributed by atoms with Crippen LogP contribution in [0, 0.1) is 6.92 Å². The first-order valence-corrected chi connectivity index (χ1v) is 10.3. The number of anilines is 3. The average molecular weight is 387 g/mol. The van der Waals surface area contributed by atoms with Crippen LogP contribution < -0.4 is 4.90 Å². The van der Waals surface area contributed by atoms with E-state index < -0.39 is 0 Å². The maximum Gasteiger partial charge on any atom is 0.209 e. The Balaban J connectivity index is 1.66. The predicted octanol–water partition coefficient (Wildman–Crippen LogP) is 7.78. The molecule has 1 aromatic heterocycles. The van der Waals surface area contributed by atoms with Crippen molar-refractivity contribution in [2.75, 3.05) is 4.90 Å². The van der Waals surface area contributed by atoms with Gasteiger partial charge in [0.05, 0.1) is 11.4 Å². The lowest BCUT2D eigenvalue weighted by atomic mass is 9.94. The molecular weight excluding hydrogens is 366 g/mol. The SMILES string of the molecule is Cc1ccc2oc3c(c2c1)Cc1ccccc1N3c1ccccc1-c1ccccc1. The van der Waals surface area contributed by atoms with Gasteiger partial charge in [0.2, 0.25) is 5.88 Å². The van der Waals surface area contributed by atoms with Crippen LogP contribution in [0.5, 0.6) is 0 Å². The van der Waals surface area contributed by atoms with E-state index >= 15 is 0 Å². The van der Waals surface area contributed by atoms with Crippen LogP contribution in [-0.2, 0) is 6.42 Å². The largest absolute Gasteiger partial charge is 0.439 e. The number of furan rings is 1. The second-order valence-corrected chi connectivity index (χ2v) is 7.91. The van der Waals surface area contributed by atoms with Gasteiger partial charge < -0.3 is 4.42 Å². The van der Waals surface area contributed by atoms with E-state index in [9.17, 15) is 0 Å². The van der Waals surface area contributed by atoms with Gasteiger partial charge in [-0.05, 0) is 42.3 Å². The summed E-state index contributed by atoms with van der Waals surface area (Å²) >= 11 is 0. The normalized spacial score (nSPS) is 12.6. The van der Waals surface area contributed by atoms with Gasteiger partial charge in [-0.25, -0.2) is 0 Å². The first kappa shape index (κ1) is 17.1. The van der Waals surface area contributed by atoms with Gasteiger partial charge in [-0.1, -0.05) is 78.4 Å². The first-order chi connectivity index (χ1) is 14.8. The van der Waals surface area contributed by atoms with Crippen molar-refractivity contribution in [3.63, 3.8) is 0 Å². The molecular formula is C28H21NO. The van der Waals surface area contributed by atoms with E-state index in [1.54, 1.807) is 0 Å². The van der Waals surface area contributed by atoms with Gasteiger partial charge in [0.25, 0.3) is 0 Å². The minimum Gasteiger partial charge on any atom is -0.439 e. The highest BCUT2D eigenvalue weighted by Crippen LogP contribution is 2.49. The molecule has 0 N–H and O–H groups in total. The van der Waals surface area contributed by atoms with Gasteiger partial charge in [-0.3, -0.25) is 4.90 Å². The summed E-state index contributed by atoms with van der Waals surface area (Å²) in [6, 6.07) is 34.2. The Morgan fingerprint density at radius 2 is 1.47 bits per heavy atom. The predicted molar refractivity (Wildman–Crippen MR) is 124 cm³/mol. The number of rotatable bonds is 2. The van der Waals surface area contributed by atoms with Crippen LogP contribution in [0.1, 0.15) is 16.7 Å². The molecule has 1 aliphatic heterocycles. The minimum absolute atomic E-state index is 0.881. The number of hydrogen-bond donors (Lipinski definition) is 0. The zero-order chi connectivity index (χ0) is 20.1. The van der Waals surface area contributed by atoms with E-state index in [1.165, 1.54) is 38.9 Å². The molecule has 2 nitrogen and oxygen atoms in total. The van der Waals surface area contributed by atoms with E-state index in [4.69, 9.17) is 4.42 Å². The molecule has 0 spiro atoms. The van der Waals surface area contributed by atoms with Gasteiger partial charge in [-0.15, -0.1) is 0 Å².